The molecule has 1 heterocycles. The van der Waals surface area contributed by atoms with E-state index < -0.39 is 0 Å². The van der Waals surface area contributed by atoms with Gasteiger partial charge in [-0.15, -0.1) is 0 Å². The lowest BCUT2D eigenvalue weighted by molar-refractivity contribution is 0.897. The van der Waals surface area contributed by atoms with Crippen LogP contribution in [0.2, 0.25) is 0 Å². The molecule has 1 rings (SSSR count). The summed E-state index contributed by atoms with van der Waals surface area (Å²) < 4.78 is 0. The van der Waals surface area contributed by atoms with E-state index in [2.05, 4.69) is 30.3 Å². The number of nitrogens with zero attached hydrogens (tertiary/aromatic N) is 1. The van der Waals surface area contributed by atoms with Crippen LogP contribution in [-0.2, 0) is 0 Å². The van der Waals surface area contributed by atoms with E-state index in [4.69, 9.17) is 0 Å². The minimum atomic E-state index is 0.462. The second-order valence-corrected chi connectivity index (χ2v) is 2.48. The van der Waals surface area contributed by atoms with Gasteiger partial charge < -0.3 is 5.32 Å². The highest BCUT2D eigenvalue weighted by Crippen LogP contribution is 2.03. The molecule has 10 heavy (non-hydrogen) atoms. The summed E-state index contributed by atoms with van der Waals surface area (Å²) in [4.78, 5) is 3.85. The van der Waals surface area contributed by atoms with Gasteiger partial charge in [-0.2, -0.15) is 0 Å². The lowest BCUT2D eigenvalue weighted by Gasteiger charge is -2.07. The van der Waals surface area contributed by atoms with E-state index in [0.717, 1.165) is 5.69 Å². The number of nitrogens with one attached hydrogen (secondary N) is 1. The van der Waals surface area contributed by atoms with Crippen molar-refractivity contribution in [3.8, 4) is 0 Å². The van der Waals surface area contributed by atoms with Crippen molar-refractivity contribution in [2.75, 3.05) is 5.32 Å². The molecule has 0 fully saturated rings. The first kappa shape index (κ1) is 7.06. The van der Waals surface area contributed by atoms with Crippen molar-refractivity contribution in [2.45, 2.75) is 19.9 Å². The first-order chi connectivity index (χ1) is 4.79. The smallest absolute Gasteiger partial charge is 0.0887 e. The average Bonchev–Trinajstić information content (AvgIpc) is 1.88. The molecule has 0 atom stereocenters. The van der Waals surface area contributed by atoms with E-state index in [9.17, 15) is 0 Å². The second kappa shape index (κ2) is 3.20. The van der Waals surface area contributed by atoms with Crippen LogP contribution in [0.5, 0.6) is 0 Å². The third-order valence-corrected chi connectivity index (χ3v) is 1.07. The molecule has 0 amide bonds. The summed E-state index contributed by atoms with van der Waals surface area (Å²) >= 11 is 0. The summed E-state index contributed by atoms with van der Waals surface area (Å²) in [6.45, 7) is 4.19. The molecule has 0 saturated heterocycles. The van der Waals surface area contributed by atoms with Gasteiger partial charge in [-0.25, -0.2) is 0 Å². The number of hydrogen-bond donors (Lipinski definition) is 1. The fraction of sp³-hybridized carbons (Fsp3) is 0.375. The molecular weight excluding hydrogens is 124 g/mol. The largest absolute Gasteiger partial charge is 0.382 e. The zero-order valence-electron chi connectivity index (χ0n) is 6.26. The fourth-order valence-corrected chi connectivity index (χ4v) is 0.739. The summed E-state index contributed by atoms with van der Waals surface area (Å²) in [5.41, 5.74) is 1.05. The van der Waals surface area contributed by atoms with Gasteiger partial charge in [-0.05, 0) is 26.0 Å². The molecule has 0 saturated carbocycles. The third kappa shape index (κ3) is 2.05. The molecule has 2 heteroatoms. The normalized spacial score (nSPS) is 9.90. The lowest BCUT2D eigenvalue weighted by Crippen LogP contribution is -2.09. The van der Waals surface area contributed by atoms with Crippen molar-refractivity contribution >= 4 is 5.69 Å². The summed E-state index contributed by atoms with van der Waals surface area (Å²) in [7, 11) is 0. The summed E-state index contributed by atoms with van der Waals surface area (Å²) in [6, 6.07) is 4.21. The van der Waals surface area contributed by atoms with E-state index in [0.29, 0.717) is 6.04 Å². The third-order valence-electron chi connectivity index (χ3n) is 1.07. The van der Waals surface area contributed by atoms with E-state index in [-0.39, 0.29) is 0 Å². The zero-order valence-corrected chi connectivity index (χ0v) is 6.26. The van der Waals surface area contributed by atoms with Crippen LogP contribution < -0.4 is 5.32 Å². The maximum Gasteiger partial charge on any atom is 0.0887 e. The Bertz CT molecular complexity index is 182. The predicted octanol–water partition coefficient (Wildman–Crippen LogP) is 1.70. The first-order valence-corrected chi connectivity index (χ1v) is 3.37. The number of pyridine rings is 1. The monoisotopic (exact) mass is 135 g/mol. The predicted molar refractivity (Wildman–Crippen MR) is 41.8 cm³/mol. The van der Waals surface area contributed by atoms with Crippen molar-refractivity contribution in [1.82, 2.24) is 4.98 Å². The maximum absolute atomic E-state index is 3.85. The number of hydrogen-bond acceptors (Lipinski definition) is 2. The topological polar surface area (TPSA) is 24.9 Å². The van der Waals surface area contributed by atoms with Crippen LogP contribution in [0.1, 0.15) is 13.8 Å². The Morgan fingerprint density at radius 2 is 2.40 bits per heavy atom. The van der Waals surface area contributed by atoms with E-state index in [1.807, 2.05) is 6.07 Å². The van der Waals surface area contributed by atoms with Crippen LogP contribution in [0.4, 0.5) is 5.69 Å². The summed E-state index contributed by atoms with van der Waals surface area (Å²) in [5, 5.41) is 3.22. The highest BCUT2D eigenvalue weighted by molar-refractivity contribution is 5.39. The second-order valence-electron chi connectivity index (χ2n) is 2.48. The molecule has 53 valence electrons. The first-order valence-electron chi connectivity index (χ1n) is 3.37. The highest BCUT2D eigenvalue weighted by Gasteiger charge is 1.91. The van der Waals surface area contributed by atoms with Gasteiger partial charge in [-0.1, -0.05) is 0 Å². The molecule has 0 aliphatic rings. The molecule has 1 radical (unpaired) electrons. The minimum Gasteiger partial charge on any atom is -0.382 e. The Morgan fingerprint density at radius 3 is 2.90 bits per heavy atom. The molecule has 0 aromatic carbocycles. The highest BCUT2D eigenvalue weighted by atomic mass is 14.9. The van der Waals surface area contributed by atoms with Crippen LogP contribution in [0.25, 0.3) is 0 Å². The molecule has 0 spiro atoms. The van der Waals surface area contributed by atoms with Gasteiger partial charge in [0, 0.05) is 6.04 Å². The number of anilines is 1. The van der Waals surface area contributed by atoms with Crippen molar-refractivity contribution in [3.63, 3.8) is 0 Å². The van der Waals surface area contributed by atoms with E-state index in [1.54, 1.807) is 12.3 Å². The van der Waals surface area contributed by atoms with E-state index >= 15 is 0 Å². The zero-order chi connectivity index (χ0) is 7.40. The van der Waals surface area contributed by atoms with Gasteiger partial charge in [0.2, 0.25) is 0 Å². The summed E-state index contributed by atoms with van der Waals surface area (Å²) in [6.07, 6.45) is 4.48. The molecule has 2 nitrogen and oxygen atoms in total. The molecular formula is C8H11N2. The Kier molecular flexibility index (Phi) is 2.26. The maximum atomic E-state index is 3.85. The molecule has 0 aliphatic heterocycles. The van der Waals surface area contributed by atoms with Crippen LogP contribution in [0.3, 0.4) is 0 Å². The SMILES string of the molecule is CC(C)Nc1cc[c]nc1. The van der Waals surface area contributed by atoms with Crippen molar-refractivity contribution in [3.05, 3.63) is 24.5 Å². The molecule has 1 aromatic rings. The van der Waals surface area contributed by atoms with Crippen LogP contribution >= 0.6 is 0 Å². The Balaban J connectivity index is 2.59. The summed E-state index contributed by atoms with van der Waals surface area (Å²) in [5.74, 6) is 0. The Hall–Kier alpha value is -1.05. The Labute approximate surface area is 61.3 Å². The molecule has 0 aliphatic carbocycles. The standard InChI is InChI=1S/C8H11N2/c1-7(2)10-8-4-3-5-9-6-8/h3-4,6-7,10H,1-2H3. The minimum absolute atomic E-state index is 0.462. The lowest BCUT2D eigenvalue weighted by atomic mass is 10.3. The number of aromatic nitrogens is 1. The average molecular weight is 135 g/mol. The molecule has 1 N–H and O–H groups in total. The van der Waals surface area contributed by atoms with Crippen molar-refractivity contribution in [2.24, 2.45) is 0 Å². The molecule has 1 aromatic heterocycles. The van der Waals surface area contributed by atoms with Gasteiger partial charge in [0.1, 0.15) is 0 Å². The van der Waals surface area contributed by atoms with Crippen LogP contribution in [0.15, 0.2) is 18.3 Å². The van der Waals surface area contributed by atoms with Gasteiger partial charge in [0.05, 0.1) is 18.1 Å². The quantitative estimate of drug-likeness (QED) is 0.667. The van der Waals surface area contributed by atoms with Gasteiger partial charge >= 0.3 is 0 Å². The van der Waals surface area contributed by atoms with E-state index in [1.165, 1.54) is 0 Å². The van der Waals surface area contributed by atoms with Gasteiger partial charge in [0.25, 0.3) is 0 Å². The van der Waals surface area contributed by atoms with Crippen LogP contribution in [0, 0.1) is 6.20 Å². The van der Waals surface area contributed by atoms with Gasteiger partial charge in [0.15, 0.2) is 0 Å². The van der Waals surface area contributed by atoms with Crippen LogP contribution in [-0.4, -0.2) is 11.0 Å². The molecule has 0 bridgehead atoms. The Morgan fingerprint density at radius 1 is 1.60 bits per heavy atom. The molecule has 0 unspecified atom stereocenters. The van der Waals surface area contributed by atoms with Crippen molar-refractivity contribution < 1.29 is 0 Å². The fourth-order valence-electron chi connectivity index (χ4n) is 0.739. The van der Waals surface area contributed by atoms with Crippen molar-refractivity contribution in [1.29, 1.82) is 0 Å². The number of rotatable bonds is 2. The van der Waals surface area contributed by atoms with Gasteiger partial charge in [-0.3, -0.25) is 4.98 Å².